The van der Waals surface area contributed by atoms with Crippen LogP contribution in [0.15, 0.2) is 6.07 Å². The highest BCUT2D eigenvalue weighted by atomic mass is 127. The minimum atomic E-state index is -5.02. The number of nitrogens with zero attached hydrogens (tertiary/aromatic N) is 2. The Morgan fingerprint density at radius 2 is 2.16 bits per heavy atom. The molecule has 1 N–H and O–H groups in total. The van der Waals surface area contributed by atoms with Crippen molar-refractivity contribution in [2.75, 3.05) is 0 Å². The molecule has 0 unspecified atom stereocenters. The smallest absolute Gasteiger partial charge is 0.481 e. The van der Waals surface area contributed by atoms with Crippen molar-refractivity contribution in [2.45, 2.75) is 12.8 Å². The molecule has 0 aliphatic rings. The Bertz CT molecular complexity index is 534. The van der Waals surface area contributed by atoms with Gasteiger partial charge in [-0.05, 0) is 22.6 Å². The van der Waals surface area contributed by atoms with Gasteiger partial charge in [-0.25, -0.2) is 0 Å². The van der Waals surface area contributed by atoms with Crippen molar-refractivity contribution in [2.24, 2.45) is 0 Å². The van der Waals surface area contributed by atoms with Gasteiger partial charge in [0.05, 0.1) is 11.3 Å². The molecule has 7 nitrogen and oxygen atoms in total. The molecule has 0 aliphatic carbocycles. The van der Waals surface area contributed by atoms with E-state index in [4.69, 9.17) is 5.11 Å². The number of aliphatic carboxylic acids is 1. The lowest BCUT2D eigenvalue weighted by atomic mass is 10.1. The second kappa shape index (κ2) is 5.54. The summed E-state index contributed by atoms with van der Waals surface area (Å²) in [6.07, 6.45) is -5.84. The van der Waals surface area contributed by atoms with Gasteiger partial charge >= 0.3 is 18.0 Å². The second-order valence-electron chi connectivity index (χ2n) is 3.13. The van der Waals surface area contributed by atoms with E-state index in [1.54, 1.807) is 0 Å². The lowest BCUT2D eigenvalue weighted by Gasteiger charge is -2.09. The van der Waals surface area contributed by atoms with E-state index in [1.807, 2.05) is 0 Å². The zero-order valence-electron chi connectivity index (χ0n) is 8.77. The van der Waals surface area contributed by atoms with Crippen LogP contribution in [0.25, 0.3) is 0 Å². The van der Waals surface area contributed by atoms with Gasteiger partial charge in [-0.15, -0.1) is 13.2 Å². The van der Waals surface area contributed by atoms with E-state index in [0.29, 0.717) is 6.07 Å². The lowest BCUT2D eigenvalue weighted by molar-refractivity contribution is -0.387. The molecule has 1 rings (SSSR count). The van der Waals surface area contributed by atoms with Gasteiger partial charge < -0.3 is 9.84 Å². The predicted octanol–water partition coefficient (Wildman–Crippen LogP) is 2.12. The Kier molecular flexibility index (Phi) is 4.49. The number of hydrogen-bond acceptors (Lipinski definition) is 5. The maximum absolute atomic E-state index is 12.0. The number of ether oxygens (including phenoxy) is 1. The molecule has 0 aliphatic heterocycles. The van der Waals surface area contributed by atoms with E-state index in [1.165, 1.54) is 22.6 Å². The van der Waals surface area contributed by atoms with Crippen molar-refractivity contribution in [3.63, 3.8) is 0 Å². The molecular weight excluding hydrogens is 388 g/mol. The largest absolute Gasteiger partial charge is 0.574 e. The van der Waals surface area contributed by atoms with Gasteiger partial charge in [0.2, 0.25) is 5.88 Å². The Morgan fingerprint density at radius 3 is 2.58 bits per heavy atom. The van der Waals surface area contributed by atoms with Gasteiger partial charge in [0.15, 0.2) is 3.70 Å². The van der Waals surface area contributed by atoms with Crippen molar-refractivity contribution >= 4 is 34.2 Å². The summed E-state index contributed by atoms with van der Waals surface area (Å²) in [5, 5.41) is 19.3. The van der Waals surface area contributed by atoms with Crippen LogP contribution >= 0.6 is 22.6 Å². The zero-order valence-corrected chi connectivity index (χ0v) is 10.9. The van der Waals surface area contributed by atoms with E-state index < -0.39 is 40.8 Å². The number of nitro groups is 1. The highest BCUT2D eigenvalue weighted by Crippen LogP contribution is 2.30. The lowest BCUT2D eigenvalue weighted by Crippen LogP contribution is -2.19. The number of carboxylic acid groups (broad SMARTS) is 1. The number of halogens is 4. The standard InChI is InChI=1S/C8H4F3IN2O5/c9-8(10,11)19-4-1-3(2-5(15)16)6(14(17)18)7(12)13-4/h1H,2H2,(H,15,16). The number of alkyl halides is 3. The third-order valence-corrected chi connectivity index (χ3v) is 2.50. The number of pyridine rings is 1. The quantitative estimate of drug-likeness (QED) is 0.365. The minimum absolute atomic E-state index is 0.388. The minimum Gasteiger partial charge on any atom is -0.481 e. The zero-order chi connectivity index (χ0) is 14.8. The Morgan fingerprint density at radius 1 is 1.58 bits per heavy atom. The van der Waals surface area contributed by atoms with Crippen molar-refractivity contribution in [1.82, 2.24) is 4.98 Å². The number of aromatic nitrogens is 1. The number of carbonyl (C=O) groups is 1. The first-order chi connectivity index (χ1) is 8.60. The van der Waals surface area contributed by atoms with Crippen LogP contribution in [0.4, 0.5) is 18.9 Å². The summed E-state index contributed by atoms with van der Waals surface area (Å²) in [5.41, 5.74) is -1.08. The van der Waals surface area contributed by atoms with Gasteiger partial charge in [-0.2, -0.15) is 4.98 Å². The molecule has 0 spiro atoms. The van der Waals surface area contributed by atoms with Crippen LogP contribution in [0.5, 0.6) is 5.88 Å². The molecule has 1 aromatic heterocycles. The summed E-state index contributed by atoms with van der Waals surface area (Å²) in [6, 6.07) is 0.585. The summed E-state index contributed by atoms with van der Waals surface area (Å²) in [4.78, 5) is 23.6. The van der Waals surface area contributed by atoms with Gasteiger partial charge in [-0.1, -0.05) is 0 Å². The molecular formula is C8H4F3IN2O5. The van der Waals surface area contributed by atoms with Crippen LogP contribution in [-0.2, 0) is 11.2 Å². The average Bonchev–Trinajstić information content (AvgIpc) is 2.10. The molecule has 0 radical (unpaired) electrons. The molecule has 1 heterocycles. The van der Waals surface area contributed by atoms with Gasteiger partial charge in [0, 0.05) is 11.6 Å². The van der Waals surface area contributed by atoms with Crippen molar-refractivity contribution in [3.8, 4) is 5.88 Å². The first-order valence-electron chi connectivity index (χ1n) is 4.41. The van der Waals surface area contributed by atoms with Crippen LogP contribution in [0.3, 0.4) is 0 Å². The Labute approximate surface area is 116 Å². The van der Waals surface area contributed by atoms with E-state index in [2.05, 4.69) is 9.72 Å². The Balaban J connectivity index is 3.30. The second-order valence-corrected chi connectivity index (χ2v) is 4.16. The fraction of sp³-hybridized carbons (Fsp3) is 0.250. The average molecular weight is 392 g/mol. The van der Waals surface area contributed by atoms with E-state index in [9.17, 15) is 28.1 Å². The summed E-state index contributed by atoms with van der Waals surface area (Å²) >= 11 is 1.33. The number of rotatable bonds is 4. The molecule has 104 valence electrons. The normalized spacial score (nSPS) is 11.2. The molecule has 0 saturated heterocycles. The molecule has 0 atom stereocenters. The maximum atomic E-state index is 12.0. The highest BCUT2D eigenvalue weighted by Gasteiger charge is 2.33. The summed E-state index contributed by atoms with van der Waals surface area (Å²) < 4.78 is 39.2. The van der Waals surface area contributed by atoms with E-state index in [-0.39, 0.29) is 3.70 Å². The van der Waals surface area contributed by atoms with E-state index >= 15 is 0 Å². The summed E-state index contributed by atoms with van der Waals surface area (Å²) in [6.45, 7) is 0. The summed E-state index contributed by atoms with van der Waals surface area (Å²) in [5.74, 6) is -2.37. The molecule has 0 saturated carbocycles. The van der Waals surface area contributed by atoms with Crippen LogP contribution < -0.4 is 4.74 Å². The number of hydrogen-bond donors (Lipinski definition) is 1. The van der Waals surface area contributed by atoms with Crippen LogP contribution in [0.1, 0.15) is 5.56 Å². The van der Waals surface area contributed by atoms with E-state index in [0.717, 1.165) is 0 Å². The first kappa shape index (κ1) is 15.4. The molecule has 1 aromatic rings. The maximum Gasteiger partial charge on any atom is 0.574 e. The third-order valence-electron chi connectivity index (χ3n) is 1.75. The highest BCUT2D eigenvalue weighted by molar-refractivity contribution is 14.1. The van der Waals surface area contributed by atoms with Crippen LogP contribution in [-0.4, -0.2) is 27.3 Å². The predicted molar refractivity (Wildman–Crippen MR) is 61.6 cm³/mol. The molecule has 0 aromatic carbocycles. The monoisotopic (exact) mass is 392 g/mol. The molecule has 0 amide bonds. The molecule has 19 heavy (non-hydrogen) atoms. The topological polar surface area (TPSA) is 103 Å². The fourth-order valence-electron chi connectivity index (χ4n) is 1.19. The van der Waals surface area contributed by atoms with Crippen molar-refractivity contribution < 1.29 is 32.7 Å². The van der Waals surface area contributed by atoms with Crippen molar-refractivity contribution in [3.05, 3.63) is 25.4 Å². The number of carboxylic acids is 1. The van der Waals surface area contributed by atoms with Crippen LogP contribution in [0.2, 0.25) is 0 Å². The first-order valence-corrected chi connectivity index (χ1v) is 5.49. The SMILES string of the molecule is O=C(O)Cc1cc(OC(F)(F)F)nc(I)c1[N+](=O)[O-]. The van der Waals surface area contributed by atoms with Gasteiger partial charge in [0.25, 0.3) is 0 Å². The Hall–Kier alpha value is -1.66. The molecule has 11 heteroatoms. The van der Waals surface area contributed by atoms with Gasteiger partial charge in [-0.3, -0.25) is 14.9 Å². The molecule has 0 fully saturated rings. The fourth-order valence-corrected chi connectivity index (χ4v) is 1.97. The third kappa shape index (κ3) is 4.50. The van der Waals surface area contributed by atoms with Gasteiger partial charge in [0.1, 0.15) is 0 Å². The van der Waals surface area contributed by atoms with Crippen LogP contribution in [0, 0.1) is 13.8 Å². The summed E-state index contributed by atoms with van der Waals surface area (Å²) in [7, 11) is 0. The van der Waals surface area contributed by atoms with Crippen molar-refractivity contribution in [1.29, 1.82) is 0 Å². The molecule has 0 bridgehead atoms.